The summed E-state index contributed by atoms with van der Waals surface area (Å²) in [5.41, 5.74) is 2.73. The van der Waals surface area contributed by atoms with Crippen molar-refractivity contribution in [2.24, 2.45) is 11.8 Å². The van der Waals surface area contributed by atoms with Crippen LogP contribution in [0.5, 0.6) is 0 Å². The van der Waals surface area contributed by atoms with E-state index in [1.165, 1.54) is 0 Å². The van der Waals surface area contributed by atoms with Gasteiger partial charge < -0.3 is 10.2 Å². The van der Waals surface area contributed by atoms with Crippen molar-refractivity contribution in [2.45, 2.75) is 27.2 Å². The van der Waals surface area contributed by atoms with Gasteiger partial charge in [-0.3, -0.25) is 14.6 Å². The summed E-state index contributed by atoms with van der Waals surface area (Å²) < 4.78 is 0. The second-order valence-electron chi connectivity index (χ2n) is 7.38. The molecule has 26 heavy (non-hydrogen) atoms. The maximum Gasteiger partial charge on any atom is 0.255 e. The maximum atomic E-state index is 12.9. The largest absolute Gasteiger partial charge is 0.338 e. The van der Waals surface area contributed by atoms with Gasteiger partial charge >= 0.3 is 0 Å². The van der Waals surface area contributed by atoms with E-state index < -0.39 is 0 Å². The Bertz CT molecular complexity index is 794. The van der Waals surface area contributed by atoms with Crippen LogP contribution in [-0.4, -0.2) is 34.8 Å². The van der Waals surface area contributed by atoms with E-state index in [-0.39, 0.29) is 11.8 Å². The fourth-order valence-corrected chi connectivity index (χ4v) is 3.60. The van der Waals surface area contributed by atoms with Gasteiger partial charge in [0, 0.05) is 42.3 Å². The van der Waals surface area contributed by atoms with Crippen LogP contribution in [0.1, 0.15) is 46.5 Å². The minimum Gasteiger partial charge on any atom is -0.338 e. The number of pyridine rings is 1. The predicted molar refractivity (Wildman–Crippen MR) is 102 cm³/mol. The molecule has 1 N–H and O–H groups in total. The number of hydrogen-bond donors (Lipinski definition) is 1. The number of aryl methyl sites for hydroxylation is 1. The monoisotopic (exact) mass is 351 g/mol. The lowest BCUT2D eigenvalue weighted by Crippen LogP contribution is -2.42. The Kier molecular flexibility index (Phi) is 5.35. The van der Waals surface area contributed by atoms with Crippen LogP contribution in [-0.2, 0) is 0 Å². The Morgan fingerprint density at radius 1 is 1.04 bits per heavy atom. The molecule has 1 saturated heterocycles. The number of hydrogen-bond acceptors (Lipinski definition) is 3. The van der Waals surface area contributed by atoms with Gasteiger partial charge in [-0.05, 0) is 55.0 Å². The smallest absolute Gasteiger partial charge is 0.255 e. The number of nitrogens with zero attached hydrogens (tertiary/aromatic N) is 2. The van der Waals surface area contributed by atoms with Gasteiger partial charge in [-0.2, -0.15) is 0 Å². The second kappa shape index (κ2) is 7.68. The molecule has 3 rings (SSSR count). The molecule has 136 valence electrons. The van der Waals surface area contributed by atoms with Crippen LogP contribution in [0.25, 0.3) is 0 Å². The molecule has 1 aromatic carbocycles. The SMILES string of the molecule is Cc1ccc(C(=O)N2C[C@@H](C)C[C@H](C)C2)cc1NC(=O)c1ccncc1. The van der Waals surface area contributed by atoms with Gasteiger partial charge in [0.15, 0.2) is 0 Å². The molecular formula is C21H25N3O2. The van der Waals surface area contributed by atoms with Gasteiger partial charge in [0.1, 0.15) is 0 Å². The molecule has 0 aliphatic carbocycles. The van der Waals surface area contributed by atoms with E-state index in [1.54, 1.807) is 30.6 Å². The molecular weight excluding hydrogens is 326 g/mol. The van der Waals surface area contributed by atoms with E-state index in [4.69, 9.17) is 0 Å². The quantitative estimate of drug-likeness (QED) is 0.916. The third-order valence-corrected chi connectivity index (χ3v) is 4.83. The first-order valence-corrected chi connectivity index (χ1v) is 9.05. The van der Waals surface area contributed by atoms with Crippen molar-refractivity contribution >= 4 is 17.5 Å². The van der Waals surface area contributed by atoms with E-state index in [9.17, 15) is 9.59 Å². The van der Waals surface area contributed by atoms with Gasteiger partial charge in [0.2, 0.25) is 0 Å². The van der Waals surface area contributed by atoms with E-state index in [0.29, 0.717) is 28.7 Å². The molecule has 5 heteroatoms. The lowest BCUT2D eigenvalue weighted by Gasteiger charge is -2.35. The number of anilines is 1. The lowest BCUT2D eigenvalue weighted by molar-refractivity contribution is 0.0623. The van der Waals surface area contributed by atoms with E-state index in [2.05, 4.69) is 24.1 Å². The summed E-state index contributed by atoms with van der Waals surface area (Å²) in [7, 11) is 0. The van der Waals surface area contributed by atoms with Crippen LogP contribution < -0.4 is 5.32 Å². The maximum absolute atomic E-state index is 12.9. The minimum absolute atomic E-state index is 0.0304. The molecule has 1 aliphatic rings. The standard InChI is InChI=1S/C21H25N3O2/c1-14-10-15(2)13-24(12-14)21(26)18-5-4-16(3)19(11-18)23-20(25)17-6-8-22-9-7-17/h4-9,11,14-15H,10,12-13H2,1-3H3,(H,23,25)/t14-,15-/m0/s1. The van der Waals surface area contributed by atoms with Gasteiger partial charge in [0.25, 0.3) is 11.8 Å². The van der Waals surface area contributed by atoms with Gasteiger partial charge in [-0.25, -0.2) is 0 Å². The first-order chi connectivity index (χ1) is 12.4. The molecule has 2 aromatic rings. The Balaban J connectivity index is 1.79. The molecule has 2 amide bonds. The van der Waals surface area contributed by atoms with E-state index >= 15 is 0 Å². The van der Waals surface area contributed by atoms with E-state index in [0.717, 1.165) is 25.1 Å². The fraction of sp³-hybridized carbons (Fsp3) is 0.381. The third-order valence-electron chi connectivity index (χ3n) is 4.83. The molecule has 0 bridgehead atoms. The summed E-state index contributed by atoms with van der Waals surface area (Å²) in [6.07, 6.45) is 4.33. The molecule has 0 saturated carbocycles. The van der Waals surface area contributed by atoms with Crippen molar-refractivity contribution in [3.8, 4) is 0 Å². The van der Waals surface area contributed by atoms with E-state index in [1.807, 2.05) is 24.0 Å². The number of carbonyl (C=O) groups excluding carboxylic acids is 2. The second-order valence-corrected chi connectivity index (χ2v) is 7.38. The van der Waals surface area contributed by atoms with Crippen molar-refractivity contribution in [2.75, 3.05) is 18.4 Å². The Labute approximate surface area is 154 Å². The van der Waals surface area contributed by atoms with Gasteiger partial charge in [0.05, 0.1) is 0 Å². The molecule has 2 atom stereocenters. The van der Waals surface area contributed by atoms with Crippen molar-refractivity contribution in [3.05, 3.63) is 59.4 Å². The van der Waals surface area contributed by atoms with Crippen LogP contribution in [0.2, 0.25) is 0 Å². The highest BCUT2D eigenvalue weighted by Gasteiger charge is 2.26. The average molecular weight is 351 g/mol. The number of carbonyl (C=O) groups is 2. The Morgan fingerprint density at radius 2 is 1.69 bits per heavy atom. The molecule has 1 fully saturated rings. The topological polar surface area (TPSA) is 62.3 Å². The summed E-state index contributed by atoms with van der Waals surface area (Å²) in [5.74, 6) is 0.848. The number of rotatable bonds is 3. The van der Waals surface area contributed by atoms with Gasteiger partial charge in [-0.15, -0.1) is 0 Å². The Morgan fingerprint density at radius 3 is 2.35 bits per heavy atom. The zero-order valence-electron chi connectivity index (χ0n) is 15.5. The molecule has 5 nitrogen and oxygen atoms in total. The van der Waals surface area contributed by atoms with Crippen LogP contribution in [0.15, 0.2) is 42.7 Å². The minimum atomic E-state index is -0.208. The number of aromatic nitrogens is 1. The summed E-state index contributed by atoms with van der Waals surface area (Å²) in [4.78, 5) is 31.2. The van der Waals surface area contributed by atoms with Crippen LogP contribution in [0, 0.1) is 18.8 Å². The highest BCUT2D eigenvalue weighted by Crippen LogP contribution is 2.24. The number of amides is 2. The van der Waals surface area contributed by atoms with Crippen LogP contribution >= 0.6 is 0 Å². The molecule has 1 aromatic heterocycles. The van der Waals surface area contributed by atoms with Crippen molar-refractivity contribution < 1.29 is 9.59 Å². The molecule has 0 spiro atoms. The average Bonchev–Trinajstić information content (AvgIpc) is 2.63. The first kappa shape index (κ1) is 18.1. The zero-order chi connectivity index (χ0) is 18.7. The molecule has 2 heterocycles. The summed E-state index contributed by atoms with van der Waals surface area (Å²) in [6.45, 7) is 7.86. The predicted octanol–water partition coefficient (Wildman–Crippen LogP) is 3.76. The molecule has 0 unspecified atom stereocenters. The van der Waals surface area contributed by atoms with Crippen LogP contribution in [0.4, 0.5) is 5.69 Å². The summed E-state index contributed by atoms with van der Waals surface area (Å²) in [5, 5.41) is 2.90. The van der Waals surface area contributed by atoms with Crippen molar-refractivity contribution in [1.29, 1.82) is 0 Å². The number of piperidine rings is 1. The number of benzene rings is 1. The highest BCUT2D eigenvalue weighted by atomic mass is 16.2. The Hall–Kier alpha value is -2.69. The molecule has 0 radical (unpaired) electrons. The third kappa shape index (κ3) is 4.10. The number of nitrogens with one attached hydrogen (secondary N) is 1. The normalized spacial score (nSPS) is 19.9. The van der Waals surface area contributed by atoms with Crippen molar-refractivity contribution in [3.63, 3.8) is 0 Å². The number of likely N-dealkylation sites (tertiary alicyclic amines) is 1. The first-order valence-electron chi connectivity index (χ1n) is 9.05. The molecule has 1 aliphatic heterocycles. The lowest BCUT2D eigenvalue weighted by atomic mass is 9.91. The highest BCUT2D eigenvalue weighted by molar-refractivity contribution is 6.05. The summed E-state index contributed by atoms with van der Waals surface area (Å²) in [6, 6.07) is 8.82. The summed E-state index contributed by atoms with van der Waals surface area (Å²) >= 11 is 0. The van der Waals surface area contributed by atoms with Crippen LogP contribution in [0.3, 0.4) is 0 Å². The van der Waals surface area contributed by atoms with Gasteiger partial charge in [-0.1, -0.05) is 19.9 Å². The van der Waals surface area contributed by atoms with Crippen molar-refractivity contribution in [1.82, 2.24) is 9.88 Å². The zero-order valence-corrected chi connectivity index (χ0v) is 15.5. The fourth-order valence-electron chi connectivity index (χ4n) is 3.60.